The van der Waals surface area contributed by atoms with Crippen LogP contribution in [0.15, 0.2) is 130 Å². The fraction of sp³-hybridized carbons (Fsp3) is 0.111. The molecular weight excluding hydrogens is 647 g/mol. The maximum absolute atomic E-state index is 5.93. The lowest BCUT2D eigenvalue weighted by atomic mass is 10.1. The molecule has 4 aromatic carbocycles. The molecule has 0 saturated heterocycles. The van der Waals surface area contributed by atoms with Crippen LogP contribution in [-0.2, 0) is 0 Å². The van der Waals surface area contributed by atoms with Crippen molar-refractivity contribution in [2.75, 3.05) is 0 Å². The predicted octanol–water partition coefficient (Wildman–Crippen LogP) is -1.10. The highest BCUT2D eigenvalue weighted by Crippen LogP contribution is 2.31. The molecule has 10 nitrogen and oxygen atoms in total. The van der Waals surface area contributed by atoms with E-state index in [2.05, 4.69) is 0 Å². The lowest BCUT2D eigenvalue weighted by molar-refractivity contribution is -0.00100. The maximum Gasteiger partial charge on any atom is 0.134 e. The van der Waals surface area contributed by atoms with Crippen molar-refractivity contribution in [3.63, 3.8) is 0 Å². The van der Waals surface area contributed by atoms with Crippen molar-refractivity contribution < 1.29 is 33.6 Å². The van der Waals surface area contributed by atoms with Crippen LogP contribution in [0.1, 0.15) is 46.9 Å². The molecular formula is C36H40Cl2N8O2-2. The summed E-state index contributed by atoms with van der Waals surface area (Å²) < 4.78 is 11.9. The number of hydrogen-bond donors (Lipinski definition) is 8. The molecule has 0 amide bonds. The van der Waals surface area contributed by atoms with Gasteiger partial charge in [-0.3, -0.25) is 0 Å². The molecule has 0 aliphatic heterocycles. The number of benzene rings is 4. The van der Waals surface area contributed by atoms with Crippen molar-refractivity contribution in [2.45, 2.75) is 24.7 Å². The van der Waals surface area contributed by atoms with Gasteiger partial charge in [-0.1, -0.05) is 97.1 Å². The Bertz CT molecular complexity index is 1560. The fourth-order valence-corrected chi connectivity index (χ4v) is 4.77. The third-order valence-electron chi connectivity index (χ3n) is 7.53. The fourth-order valence-electron chi connectivity index (χ4n) is 4.77. The third-order valence-corrected chi connectivity index (χ3v) is 7.53. The van der Waals surface area contributed by atoms with Crippen LogP contribution in [-0.4, -0.2) is 0 Å². The summed E-state index contributed by atoms with van der Waals surface area (Å²) in [7, 11) is 0. The smallest absolute Gasteiger partial charge is 0.134 e. The molecule has 16 N–H and O–H groups in total. The zero-order valence-electron chi connectivity index (χ0n) is 26.0. The van der Waals surface area contributed by atoms with Crippen molar-refractivity contribution in [3.05, 3.63) is 144 Å². The summed E-state index contributed by atoms with van der Waals surface area (Å²) in [5, 5.41) is 0. The molecule has 48 heavy (non-hydrogen) atoms. The summed E-state index contributed by atoms with van der Waals surface area (Å²) >= 11 is 0. The van der Waals surface area contributed by atoms with E-state index in [4.69, 9.17) is 54.7 Å². The van der Waals surface area contributed by atoms with Gasteiger partial charge in [0.05, 0.1) is 24.7 Å². The van der Waals surface area contributed by atoms with E-state index in [9.17, 15) is 0 Å². The summed E-state index contributed by atoms with van der Waals surface area (Å²) in [6.45, 7) is 0. The highest BCUT2D eigenvalue weighted by Gasteiger charge is 2.10. The number of halogens is 2. The largest absolute Gasteiger partial charge is 1.00 e. The van der Waals surface area contributed by atoms with E-state index in [1.54, 1.807) is 0 Å². The molecule has 6 rings (SSSR count). The minimum absolute atomic E-state index is 0. The van der Waals surface area contributed by atoms with Gasteiger partial charge >= 0.3 is 0 Å². The van der Waals surface area contributed by atoms with Gasteiger partial charge in [0.15, 0.2) is 0 Å². The molecule has 0 radical (unpaired) electrons. The Morgan fingerprint density at radius 1 is 0.271 bits per heavy atom. The van der Waals surface area contributed by atoms with E-state index < -0.39 is 24.7 Å². The quantitative estimate of drug-likeness (QED) is 0.0900. The summed E-state index contributed by atoms with van der Waals surface area (Å²) in [4.78, 5) is 0. The van der Waals surface area contributed by atoms with E-state index >= 15 is 0 Å². The molecule has 0 bridgehead atoms. The Hall–Kier alpha value is -4.30. The van der Waals surface area contributed by atoms with Gasteiger partial charge in [-0.25, -0.2) is 0 Å². The van der Waals surface area contributed by atoms with Crippen LogP contribution in [0, 0.1) is 0 Å². The lowest BCUT2D eigenvalue weighted by Crippen LogP contribution is -3.00. The van der Waals surface area contributed by atoms with E-state index in [0.717, 1.165) is 67.5 Å². The first kappa shape index (κ1) is 38.2. The number of rotatable bonds is 8. The van der Waals surface area contributed by atoms with Crippen molar-refractivity contribution >= 4 is 0 Å². The van der Waals surface area contributed by atoms with E-state index in [1.807, 2.05) is 121 Å². The van der Waals surface area contributed by atoms with Gasteiger partial charge < -0.3 is 79.5 Å². The van der Waals surface area contributed by atoms with E-state index in [-0.39, 0.29) is 24.8 Å². The minimum atomic E-state index is -0.469. The van der Waals surface area contributed by atoms with Gasteiger partial charge in [0.25, 0.3) is 0 Å². The Kier molecular flexibility index (Phi) is 13.7. The standard InChI is InChI=1S/2C18H20N4O.2ClH/c2*19-17(20)13-5-1-11(2-6-13)15-9-10-16(23-15)12-3-7-14(8-4-12)18(21)22;;/h2*1-10,17-18H,19-22H2;2*1H/p-2. The van der Waals surface area contributed by atoms with Gasteiger partial charge in [0.1, 0.15) is 23.0 Å². The molecule has 0 aliphatic carbocycles. The third kappa shape index (κ3) is 9.41. The van der Waals surface area contributed by atoms with Crippen molar-refractivity contribution in [1.29, 1.82) is 0 Å². The summed E-state index contributed by atoms with van der Waals surface area (Å²) in [5.74, 6) is 3.15. The van der Waals surface area contributed by atoms with Crippen LogP contribution >= 0.6 is 0 Å². The molecule has 2 aromatic heterocycles. The topological polar surface area (TPSA) is 234 Å². The number of hydrogen-bond acceptors (Lipinski definition) is 10. The molecule has 0 atom stereocenters. The lowest BCUT2D eigenvalue weighted by Gasteiger charge is -2.06. The predicted molar refractivity (Wildman–Crippen MR) is 184 cm³/mol. The van der Waals surface area contributed by atoms with Gasteiger partial charge in [0.2, 0.25) is 0 Å². The zero-order valence-corrected chi connectivity index (χ0v) is 27.6. The second-order valence-corrected chi connectivity index (χ2v) is 10.9. The Balaban J connectivity index is 0.000000250. The van der Waals surface area contributed by atoms with E-state index in [0.29, 0.717) is 0 Å². The van der Waals surface area contributed by atoms with Crippen molar-refractivity contribution in [2.24, 2.45) is 45.9 Å². The average Bonchev–Trinajstić information content (AvgIpc) is 3.77. The summed E-state index contributed by atoms with van der Waals surface area (Å²) in [6, 6.07) is 38.5. The molecule has 0 aliphatic rings. The van der Waals surface area contributed by atoms with Crippen molar-refractivity contribution in [1.82, 2.24) is 0 Å². The number of nitrogens with two attached hydrogens (primary N) is 8. The van der Waals surface area contributed by atoms with Gasteiger partial charge in [0, 0.05) is 22.3 Å². The van der Waals surface area contributed by atoms with Crippen molar-refractivity contribution in [3.8, 4) is 45.3 Å². The van der Waals surface area contributed by atoms with Gasteiger partial charge in [-0.05, 0) is 46.5 Å². The maximum atomic E-state index is 5.93. The molecule has 6 aromatic rings. The Morgan fingerprint density at radius 3 is 0.583 bits per heavy atom. The molecule has 0 unspecified atom stereocenters. The molecule has 0 spiro atoms. The Morgan fingerprint density at radius 2 is 0.438 bits per heavy atom. The number of furan rings is 2. The first-order chi connectivity index (χ1) is 22.1. The van der Waals surface area contributed by atoms with Crippen LogP contribution in [0.2, 0.25) is 0 Å². The SMILES string of the molecule is NC(N)c1ccc(-c2ccc(-c3ccc(C(N)N)cc3)o2)cc1.NC(N)c1ccc(-c2ccc(-c3ccc(C(N)N)cc3)o2)cc1.[Cl-].[Cl-]. The van der Waals surface area contributed by atoms with Crippen LogP contribution in [0.3, 0.4) is 0 Å². The van der Waals surface area contributed by atoms with Crippen LogP contribution < -0.4 is 70.7 Å². The minimum Gasteiger partial charge on any atom is -1.00 e. The molecule has 2 heterocycles. The Labute approximate surface area is 292 Å². The van der Waals surface area contributed by atoms with Crippen LogP contribution in [0.4, 0.5) is 0 Å². The molecule has 252 valence electrons. The first-order valence-electron chi connectivity index (χ1n) is 14.7. The van der Waals surface area contributed by atoms with Gasteiger partial charge in [-0.2, -0.15) is 0 Å². The zero-order chi connectivity index (χ0) is 32.8. The van der Waals surface area contributed by atoms with Crippen LogP contribution in [0.25, 0.3) is 45.3 Å². The van der Waals surface area contributed by atoms with Gasteiger partial charge in [-0.15, -0.1) is 0 Å². The second kappa shape index (κ2) is 17.2. The normalized spacial score (nSPS) is 10.9. The molecule has 0 saturated carbocycles. The molecule has 0 fully saturated rings. The van der Waals surface area contributed by atoms with E-state index in [1.165, 1.54) is 0 Å². The monoisotopic (exact) mass is 686 g/mol. The molecule has 12 heteroatoms. The summed E-state index contributed by atoms with van der Waals surface area (Å²) in [6.07, 6.45) is -1.88. The first-order valence-corrected chi connectivity index (χ1v) is 14.7. The average molecular weight is 688 g/mol. The highest BCUT2D eigenvalue weighted by atomic mass is 35.5. The highest BCUT2D eigenvalue weighted by molar-refractivity contribution is 5.66. The van der Waals surface area contributed by atoms with Crippen LogP contribution in [0.5, 0.6) is 0 Å². The summed E-state index contributed by atoms with van der Waals surface area (Å²) in [5.41, 5.74) is 52.6. The second-order valence-electron chi connectivity index (χ2n) is 10.9.